The Morgan fingerprint density at radius 2 is 2.16 bits per heavy atom. The zero-order valence-corrected chi connectivity index (χ0v) is 14.7. The Kier molecular flexibility index (Phi) is 4.93. The van der Waals surface area contributed by atoms with E-state index in [1.54, 1.807) is 13.2 Å². The van der Waals surface area contributed by atoms with Crippen LogP contribution < -0.4 is 10.1 Å². The number of amides is 1. The number of hydrogen-bond donors (Lipinski definition) is 2. The maximum Gasteiger partial charge on any atom is 0.244 e. The van der Waals surface area contributed by atoms with Crippen LogP contribution in [-0.2, 0) is 11.2 Å². The molecule has 1 amide bonds. The van der Waals surface area contributed by atoms with Crippen LogP contribution in [0.3, 0.4) is 0 Å². The summed E-state index contributed by atoms with van der Waals surface area (Å²) in [5.74, 6) is 2.26. The Bertz CT molecular complexity index is 918. The minimum Gasteiger partial charge on any atom is -0.497 e. The van der Waals surface area contributed by atoms with Gasteiger partial charge in [0.25, 0.3) is 0 Å². The molecule has 0 aliphatic carbocycles. The molecule has 3 rings (SSSR count). The van der Waals surface area contributed by atoms with Gasteiger partial charge in [-0.3, -0.25) is 4.79 Å². The van der Waals surface area contributed by atoms with Crippen LogP contribution in [0.1, 0.15) is 24.0 Å². The largest absolute Gasteiger partial charge is 0.497 e. The van der Waals surface area contributed by atoms with E-state index in [0.29, 0.717) is 6.54 Å². The number of hydrogen-bond acceptors (Lipinski definition) is 3. The summed E-state index contributed by atoms with van der Waals surface area (Å²) in [6.45, 7) is 4.32. The van der Waals surface area contributed by atoms with Crippen molar-refractivity contribution in [2.45, 2.75) is 20.3 Å². The fourth-order valence-corrected chi connectivity index (χ4v) is 2.78. The third-order valence-corrected chi connectivity index (χ3v) is 4.14. The first kappa shape index (κ1) is 16.9. The van der Waals surface area contributed by atoms with Crippen molar-refractivity contribution < 1.29 is 13.9 Å². The third kappa shape index (κ3) is 3.94. The summed E-state index contributed by atoms with van der Waals surface area (Å²) in [6.07, 6.45) is 4.30. The summed E-state index contributed by atoms with van der Waals surface area (Å²) < 4.78 is 10.7. The Balaban J connectivity index is 1.58. The number of methoxy groups -OCH3 is 1. The van der Waals surface area contributed by atoms with Gasteiger partial charge in [0.05, 0.1) is 7.11 Å². The molecule has 130 valence electrons. The van der Waals surface area contributed by atoms with E-state index < -0.39 is 0 Å². The van der Waals surface area contributed by atoms with Crippen molar-refractivity contribution in [3.05, 3.63) is 59.7 Å². The number of rotatable bonds is 6. The summed E-state index contributed by atoms with van der Waals surface area (Å²) >= 11 is 0. The van der Waals surface area contributed by atoms with E-state index in [0.717, 1.165) is 40.2 Å². The Labute approximate surface area is 146 Å². The lowest BCUT2D eigenvalue weighted by Gasteiger charge is -2.03. The predicted molar refractivity (Wildman–Crippen MR) is 98.7 cm³/mol. The van der Waals surface area contributed by atoms with Gasteiger partial charge in [0.2, 0.25) is 5.91 Å². The molecule has 2 heterocycles. The zero-order valence-electron chi connectivity index (χ0n) is 14.7. The third-order valence-electron chi connectivity index (χ3n) is 4.14. The van der Waals surface area contributed by atoms with Crippen molar-refractivity contribution in [1.29, 1.82) is 0 Å². The predicted octanol–water partition coefficient (Wildman–Crippen LogP) is 3.84. The van der Waals surface area contributed by atoms with Crippen molar-refractivity contribution in [2.75, 3.05) is 13.7 Å². The Morgan fingerprint density at radius 1 is 1.32 bits per heavy atom. The van der Waals surface area contributed by atoms with Crippen molar-refractivity contribution in [2.24, 2.45) is 0 Å². The van der Waals surface area contributed by atoms with E-state index in [1.807, 2.05) is 50.4 Å². The van der Waals surface area contributed by atoms with Gasteiger partial charge in [0, 0.05) is 35.8 Å². The van der Waals surface area contributed by atoms with Gasteiger partial charge in [-0.2, -0.15) is 0 Å². The minimum atomic E-state index is -0.118. The van der Waals surface area contributed by atoms with E-state index >= 15 is 0 Å². The normalized spacial score (nSPS) is 11.7. The summed E-state index contributed by atoms with van der Waals surface area (Å²) in [5, 5.41) is 4.07. The molecule has 0 bridgehead atoms. The molecule has 1 aromatic carbocycles. The highest BCUT2D eigenvalue weighted by molar-refractivity contribution is 5.94. The molecule has 5 heteroatoms. The molecule has 0 aliphatic rings. The molecular weight excluding hydrogens is 316 g/mol. The maximum absolute atomic E-state index is 12.1. The summed E-state index contributed by atoms with van der Waals surface area (Å²) in [7, 11) is 1.65. The van der Waals surface area contributed by atoms with Crippen molar-refractivity contribution in [3.8, 4) is 5.75 Å². The number of aromatic amines is 1. The second-order valence-electron chi connectivity index (χ2n) is 6.00. The van der Waals surface area contributed by atoms with E-state index in [9.17, 15) is 4.79 Å². The van der Waals surface area contributed by atoms with Crippen LogP contribution in [0.2, 0.25) is 0 Å². The molecule has 0 unspecified atom stereocenters. The van der Waals surface area contributed by atoms with E-state index in [1.165, 1.54) is 5.56 Å². The number of fused-ring (bicyclic) bond motifs is 1. The Hall–Kier alpha value is -2.95. The SMILES string of the molecule is COc1ccc2c(CCNC(=O)C=C(C)c3ccc(C)o3)c[nH]c2c1. The molecule has 0 saturated carbocycles. The van der Waals surface area contributed by atoms with Crippen LogP contribution in [0.4, 0.5) is 0 Å². The van der Waals surface area contributed by atoms with Crippen LogP contribution in [0, 0.1) is 6.92 Å². The average Bonchev–Trinajstić information content (AvgIpc) is 3.21. The van der Waals surface area contributed by atoms with E-state index in [2.05, 4.69) is 10.3 Å². The monoisotopic (exact) mass is 338 g/mol. The molecule has 2 aromatic heterocycles. The van der Waals surface area contributed by atoms with E-state index in [4.69, 9.17) is 9.15 Å². The number of aromatic nitrogens is 1. The van der Waals surface area contributed by atoms with Crippen LogP contribution in [0.15, 0.2) is 47.0 Å². The van der Waals surface area contributed by atoms with E-state index in [-0.39, 0.29) is 5.91 Å². The minimum absolute atomic E-state index is 0.118. The van der Waals surface area contributed by atoms with Gasteiger partial charge in [-0.05, 0) is 55.7 Å². The van der Waals surface area contributed by atoms with Gasteiger partial charge < -0.3 is 19.5 Å². The van der Waals surface area contributed by atoms with Gasteiger partial charge in [-0.1, -0.05) is 0 Å². The first-order valence-electron chi connectivity index (χ1n) is 8.24. The lowest BCUT2D eigenvalue weighted by atomic mass is 10.1. The van der Waals surface area contributed by atoms with Crippen LogP contribution in [0.5, 0.6) is 5.75 Å². The lowest BCUT2D eigenvalue weighted by molar-refractivity contribution is -0.116. The van der Waals surface area contributed by atoms with Gasteiger partial charge in [0.15, 0.2) is 0 Å². The first-order chi connectivity index (χ1) is 12.1. The Morgan fingerprint density at radius 3 is 2.88 bits per heavy atom. The number of furan rings is 1. The highest BCUT2D eigenvalue weighted by Crippen LogP contribution is 2.23. The average molecular weight is 338 g/mol. The summed E-state index contributed by atoms with van der Waals surface area (Å²) in [4.78, 5) is 15.3. The number of carbonyl (C=O) groups is 1. The molecule has 2 N–H and O–H groups in total. The fraction of sp³-hybridized carbons (Fsp3) is 0.250. The molecule has 0 spiro atoms. The molecule has 25 heavy (non-hydrogen) atoms. The number of nitrogens with one attached hydrogen (secondary N) is 2. The summed E-state index contributed by atoms with van der Waals surface area (Å²) in [5.41, 5.74) is 3.01. The van der Waals surface area contributed by atoms with Gasteiger partial charge in [-0.25, -0.2) is 0 Å². The van der Waals surface area contributed by atoms with Crippen molar-refractivity contribution in [3.63, 3.8) is 0 Å². The topological polar surface area (TPSA) is 67.3 Å². The number of carbonyl (C=O) groups excluding carboxylic acids is 1. The molecule has 0 fully saturated rings. The molecule has 0 radical (unpaired) electrons. The van der Waals surface area contributed by atoms with Gasteiger partial charge in [0.1, 0.15) is 17.3 Å². The van der Waals surface area contributed by atoms with Gasteiger partial charge in [-0.15, -0.1) is 0 Å². The lowest BCUT2D eigenvalue weighted by Crippen LogP contribution is -2.23. The number of aryl methyl sites for hydroxylation is 1. The molecule has 0 atom stereocenters. The van der Waals surface area contributed by atoms with Gasteiger partial charge >= 0.3 is 0 Å². The number of benzene rings is 1. The maximum atomic E-state index is 12.1. The van der Waals surface area contributed by atoms with Crippen LogP contribution >= 0.6 is 0 Å². The highest BCUT2D eigenvalue weighted by Gasteiger charge is 2.07. The highest BCUT2D eigenvalue weighted by atomic mass is 16.5. The molecular formula is C20H22N2O3. The van der Waals surface area contributed by atoms with Crippen molar-refractivity contribution in [1.82, 2.24) is 10.3 Å². The molecule has 5 nitrogen and oxygen atoms in total. The second kappa shape index (κ2) is 7.30. The zero-order chi connectivity index (χ0) is 17.8. The number of ether oxygens (including phenoxy) is 1. The van der Waals surface area contributed by atoms with Crippen LogP contribution in [-0.4, -0.2) is 24.5 Å². The number of H-pyrrole nitrogens is 1. The smallest absolute Gasteiger partial charge is 0.244 e. The number of allylic oxidation sites excluding steroid dienone is 1. The quantitative estimate of drug-likeness (QED) is 0.671. The second-order valence-corrected chi connectivity index (χ2v) is 6.00. The van der Waals surface area contributed by atoms with Crippen LogP contribution in [0.25, 0.3) is 16.5 Å². The molecule has 0 aliphatic heterocycles. The molecule has 0 saturated heterocycles. The standard InChI is InChI=1S/C20H22N2O3/c1-13(19-7-4-14(2)25-19)10-20(23)21-9-8-15-12-22-18-11-16(24-3)5-6-17(15)18/h4-7,10-12,22H,8-9H2,1-3H3,(H,21,23). The van der Waals surface area contributed by atoms with Crippen molar-refractivity contribution >= 4 is 22.4 Å². The summed E-state index contributed by atoms with van der Waals surface area (Å²) in [6, 6.07) is 9.70. The first-order valence-corrected chi connectivity index (χ1v) is 8.24. The molecule has 3 aromatic rings. The fourth-order valence-electron chi connectivity index (χ4n) is 2.78.